The number of carbonyl (C=O) groups excluding carboxylic acids is 1. The van der Waals surface area contributed by atoms with Gasteiger partial charge in [0, 0.05) is 18.8 Å². The van der Waals surface area contributed by atoms with E-state index in [1.54, 1.807) is 0 Å². The molecule has 0 aliphatic carbocycles. The van der Waals surface area contributed by atoms with Crippen molar-refractivity contribution in [2.24, 2.45) is 0 Å². The Morgan fingerprint density at radius 3 is 1.76 bits per heavy atom. The molecule has 1 saturated heterocycles. The number of nitrogens with zero attached hydrogens (tertiary/aromatic N) is 1. The van der Waals surface area contributed by atoms with Crippen LogP contribution in [0.25, 0.3) is 0 Å². The smallest absolute Gasteiger partial charge is 0.0788 e. The van der Waals surface area contributed by atoms with Gasteiger partial charge in [0.2, 0.25) is 0 Å². The highest BCUT2D eigenvalue weighted by Crippen LogP contribution is 2.20. The molecule has 1 aliphatic heterocycles. The third-order valence-electron chi connectivity index (χ3n) is 4.67. The van der Waals surface area contributed by atoms with Crippen LogP contribution in [0, 0.1) is 0 Å². The standard InChI is InChI=1S/C16H34N.C2H4O2/c1-3-5-6-7-8-9-10-11-14-17(4-2)15-12-13-16-17;1-2(3)4/h3-16H2,1-2H3;1H3,(H,3,4)/q+1;/p-1. The minimum absolute atomic E-state index is 0.972. The molecule has 21 heavy (non-hydrogen) atoms. The van der Waals surface area contributed by atoms with E-state index < -0.39 is 5.97 Å². The number of unbranched alkanes of at least 4 members (excludes halogenated alkanes) is 7. The number of carboxylic acid groups (broad SMARTS) is 1. The highest BCUT2D eigenvalue weighted by Gasteiger charge is 2.28. The van der Waals surface area contributed by atoms with Crippen LogP contribution < -0.4 is 5.11 Å². The summed E-state index contributed by atoms with van der Waals surface area (Å²) in [4.78, 5) is 8.89. The van der Waals surface area contributed by atoms with E-state index in [1.165, 1.54) is 94.9 Å². The lowest BCUT2D eigenvalue weighted by atomic mass is 10.1. The van der Waals surface area contributed by atoms with Gasteiger partial charge in [0.25, 0.3) is 0 Å². The Kier molecular flexibility index (Phi) is 12.8. The summed E-state index contributed by atoms with van der Waals surface area (Å²) in [5.41, 5.74) is 0. The normalized spacial score (nSPS) is 16.3. The van der Waals surface area contributed by atoms with Crippen molar-refractivity contribution < 1.29 is 14.4 Å². The van der Waals surface area contributed by atoms with Gasteiger partial charge in [-0.3, -0.25) is 0 Å². The Balaban J connectivity index is 0.000000885. The van der Waals surface area contributed by atoms with E-state index in [9.17, 15) is 0 Å². The lowest BCUT2D eigenvalue weighted by Crippen LogP contribution is -2.45. The van der Waals surface area contributed by atoms with Crippen LogP contribution in [-0.4, -0.2) is 36.6 Å². The van der Waals surface area contributed by atoms with Crippen LogP contribution >= 0.6 is 0 Å². The van der Waals surface area contributed by atoms with Gasteiger partial charge in [0.15, 0.2) is 0 Å². The molecule has 0 radical (unpaired) electrons. The number of carbonyl (C=O) groups is 1. The van der Waals surface area contributed by atoms with Crippen molar-refractivity contribution in [3.05, 3.63) is 0 Å². The van der Waals surface area contributed by atoms with E-state index in [0.29, 0.717) is 0 Å². The molecule has 0 spiro atoms. The SMILES string of the molecule is CC(=O)[O-].CCCCCCCCCC[N+]1(CC)CCCC1. The predicted octanol–water partition coefficient (Wildman–Crippen LogP) is 3.51. The molecule has 1 rings (SSSR count). The van der Waals surface area contributed by atoms with Crippen molar-refractivity contribution in [1.29, 1.82) is 0 Å². The quantitative estimate of drug-likeness (QED) is 0.457. The van der Waals surface area contributed by atoms with Crippen LogP contribution in [0.5, 0.6) is 0 Å². The summed E-state index contributed by atoms with van der Waals surface area (Å²) in [6, 6.07) is 0. The van der Waals surface area contributed by atoms with Crippen molar-refractivity contribution in [2.75, 3.05) is 26.2 Å². The zero-order chi connectivity index (χ0) is 16.0. The molecule has 0 amide bonds. The minimum atomic E-state index is -1.08. The molecule has 1 aliphatic rings. The van der Waals surface area contributed by atoms with Crippen molar-refractivity contribution >= 4 is 5.97 Å². The zero-order valence-corrected chi connectivity index (χ0v) is 14.7. The van der Waals surface area contributed by atoms with Gasteiger partial charge in [0.1, 0.15) is 0 Å². The van der Waals surface area contributed by atoms with Crippen molar-refractivity contribution in [1.82, 2.24) is 0 Å². The van der Waals surface area contributed by atoms with Crippen molar-refractivity contribution in [2.45, 2.75) is 85.0 Å². The lowest BCUT2D eigenvalue weighted by Gasteiger charge is -2.33. The first kappa shape index (κ1) is 20.4. The van der Waals surface area contributed by atoms with Gasteiger partial charge in [0.05, 0.1) is 26.2 Å². The molecule has 3 nitrogen and oxygen atoms in total. The van der Waals surface area contributed by atoms with Crippen molar-refractivity contribution in [3.8, 4) is 0 Å². The van der Waals surface area contributed by atoms with Crippen LogP contribution in [0.1, 0.15) is 85.0 Å². The summed E-state index contributed by atoms with van der Waals surface area (Å²) < 4.78 is 1.44. The predicted molar refractivity (Wildman–Crippen MR) is 87.9 cm³/mol. The Bertz CT molecular complexity index is 244. The Morgan fingerprint density at radius 2 is 1.33 bits per heavy atom. The molecule has 1 fully saturated rings. The second-order valence-corrected chi connectivity index (χ2v) is 6.50. The molecule has 0 bridgehead atoms. The number of hydrogen-bond donors (Lipinski definition) is 0. The summed E-state index contributed by atoms with van der Waals surface area (Å²) in [6.45, 7) is 11.4. The molecule has 0 saturated carbocycles. The average molecular weight is 299 g/mol. The highest BCUT2D eigenvalue weighted by atomic mass is 16.4. The molecular weight excluding hydrogens is 262 g/mol. The maximum Gasteiger partial charge on any atom is 0.0788 e. The van der Waals surface area contributed by atoms with Crippen LogP contribution in [0.2, 0.25) is 0 Å². The number of hydrogen-bond acceptors (Lipinski definition) is 2. The van der Waals surface area contributed by atoms with Gasteiger partial charge in [-0.15, -0.1) is 0 Å². The number of aliphatic carboxylic acids is 1. The summed E-state index contributed by atoms with van der Waals surface area (Å²) in [6.07, 6.45) is 14.6. The molecule has 0 N–H and O–H groups in total. The first-order valence-corrected chi connectivity index (χ1v) is 9.09. The molecule has 0 atom stereocenters. The van der Waals surface area contributed by atoms with Crippen LogP contribution in [0.4, 0.5) is 0 Å². The molecule has 0 aromatic carbocycles. The summed E-state index contributed by atoms with van der Waals surface area (Å²) in [7, 11) is 0. The topological polar surface area (TPSA) is 40.1 Å². The van der Waals surface area contributed by atoms with Crippen LogP contribution in [0.15, 0.2) is 0 Å². The zero-order valence-electron chi connectivity index (χ0n) is 14.7. The van der Waals surface area contributed by atoms with Crippen molar-refractivity contribution in [3.63, 3.8) is 0 Å². The monoisotopic (exact) mass is 299 g/mol. The minimum Gasteiger partial charge on any atom is -0.550 e. The second-order valence-electron chi connectivity index (χ2n) is 6.50. The molecule has 0 unspecified atom stereocenters. The summed E-state index contributed by atoms with van der Waals surface area (Å²) in [5, 5.41) is 8.89. The summed E-state index contributed by atoms with van der Waals surface area (Å²) in [5.74, 6) is -1.08. The fourth-order valence-corrected chi connectivity index (χ4v) is 3.29. The Morgan fingerprint density at radius 1 is 0.905 bits per heavy atom. The highest BCUT2D eigenvalue weighted by molar-refractivity contribution is 5.60. The molecular formula is C18H37NO2. The molecule has 126 valence electrons. The number of rotatable bonds is 10. The van der Waals surface area contributed by atoms with Gasteiger partial charge < -0.3 is 14.4 Å². The van der Waals surface area contributed by atoms with Gasteiger partial charge in [-0.25, -0.2) is 0 Å². The van der Waals surface area contributed by atoms with Crippen LogP contribution in [0.3, 0.4) is 0 Å². The fraction of sp³-hybridized carbons (Fsp3) is 0.944. The average Bonchev–Trinajstić information content (AvgIpc) is 2.91. The number of likely N-dealkylation sites (tertiary alicyclic amines) is 1. The fourth-order valence-electron chi connectivity index (χ4n) is 3.29. The van der Waals surface area contributed by atoms with Gasteiger partial charge in [-0.2, -0.15) is 0 Å². The van der Waals surface area contributed by atoms with Crippen LogP contribution in [-0.2, 0) is 4.79 Å². The second kappa shape index (κ2) is 13.1. The van der Waals surface area contributed by atoms with Gasteiger partial charge >= 0.3 is 0 Å². The van der Waals surface area contributed by atoms with Gasteiger partial charge in [-0.05, 0) is 26.7 Å². The van der Waals surface area contributed by atoms with E-state index >= 15 is 0 Å². The first-order chi connectivity index (χ1) is 10.1. The largest absolute Gasteiger partial charge is 0.550 e. The maximum atomic E-state index is 8.89. The third-order valence-corrected chi connectivity index (χ3v) is 4.67. The van der Waals surface area contributed by atoms with E-state index in [1.807, 2.05) is 0 Å². The Labute approximate surface area is 132 Å². The van der Waals surface area contributed by atoms with E-state index in [-0.39, 0.29) is 0 Å². The van der Waals surface area contributed by atoms with E-state index in [0.717, 1.165) is 6.92 Å². The molecule has 0 aromatic rings. The van der Waals surface area contributed by atoms with Gasteiger partial charge in [-0.1, -0.05) is 45.4 Å². The maximum absolute atomic E-state index is 8.89. The first-order valence-electron chi connectivity index (χ1n) is 9.09. The van der Waals surface area contributed by atoms with E-state index in [4.69, 9.17) is 9.90 Å². The summed E-state index contributed by atoms with van der Waals surface area (Å²) >= 11 is 0. The lowest BCUT2D eigenvalue weighted by molar-refractivity contribution is -0.915. The third kappa shape index (κ3) is 11.7. The molecule has 0 aromatic heterocycles. The Hall–Kier alpha value is -0.570. The number of quaternary nitrogens is 1. The molecule has 3 heteroatoms. The molecule has 1 heterocycles. The van der Waals surface area contributed by atoms with E-state index in [2.05, 4.69) is 13.8 Å². The number of carboxylic acids is 1.